The van der Waals surface area contributed by atoms with Gasteiger partial charge >= 0.3 is 0 Å². The summed E-state index contributed by atoms with van der Waals surface area (Å²) in [7, 11) is -3.55. The molecule has 2 unspecified atom stereocenters. The lowest BCUT2D eigenvalue weighted by atomic mass is 9.94. The van der Waals surface area contributed by atoms with Crippen LogP contribution in [-0.2, 0) is 10.0 Å². The van der Waals surface area contributed by atoms with Gasteiger partial charge in [0.15, 0.2) is 0 Å². The number of hydrogen-bond acceptors (Lipinski definition) is 3. The average molecular weight is 415 g/mol. The van der Waals surface area contributed by atoms with Crippen LogP contribution in [0.3, 0.4) is 0 Å². The number of sulfonamides is 1. The second-order valence-electron chi connectivity index (χ2n) is 8.52. The highest BCUT2D eigenvalue weighted by Gasteiger charge is 2.31. The normalized spacial score (nSPS) is 20.4. The van der Waals surface area contributed by atoms with Gasteiger partial charge in [-0.15, -0.1) is 0 Å². The molecule has 5 nitrogen and oxygen atoms in total. The summed E-state index contributed by atoms with van der Waals surface area (Å²) in [6, 6.07) is 10.3. The quantitative estimate of drug-likeness (QED) is 0.799. The maximum atomic E-state index is 13.0. The molecule has 1 aliphatic heterocycles. The second-order valence-corrected chi connectivity index (χ2v) is 10.5. The van der Waals surface area contributed by atoms with E-state index in [1.165, 1.54) is 12.1 Å². The summed E-state index contributed by atoms with van der Waals surface area (Å²) in [6.45, 7) is 11.2. The number of carbonyl (C=O) groups excluding carboxylic acids is 1. The number of nitrogens with one attached hydrogen (secondary N) is 1. The SMILES string of the molecule is Cc1cc(C)c(NC(=O)c2ccc(S(=O)(=O)N3CC(C)CC(C)C3)cc2)c(C)c1. The smallest absolute Gasteiger partial charge is 0.255 e. The minimum atomic E-state index is -3.55. The van der Waals surface area contributed by atoms with Crippen LogP contribution in [0.15, 0.2) is 41.3 Å². The van der Waals surface area contributed by atoms with Gasteiger partial charge in [-0.1, -0.05) is 31.5 Å². The molecule has 29 heavy (non-hydrogen) atoms. The van der Waals surface area contributed by atoms with Crippen LogP contribution < -0.4 is 5.32 Å². The summed E-state index contributed by atoms with van der Waals surface area (Å²) in [5, 5.41) is 2.96. The molecule has 6 heteroatoms. The molecule has 1 amide bonds. The van der Waals surface area contributed by atoms with Gasteiger partial charge in [-0.3, -0.25) is 4.79 Å². The Hall–Kier alpha value is -2.18. The van der Waals surface area contributed by atoms with Crippen molar-refractivity contribution in [2.24, 2.45) is 11.8 Å². The molecule has 2 atom stereocenters. The van der Waals surface area contributed by atoms with Crippen LogP contribution in [0.25, 0.3) is 0 Å². The molecule has 0 aliphatic carbocycles. The van der Waals surface area contributed by atoms with Crippen molar-refractivity contribution in [2.45, 2.75) is 45.9 Å². The first-order valence-electron chi connectivity index (χ1n) is 10.1. The molecule has 0 radical (unpaired) electrons. The van der Waals surface area contributed by atoms with Gasteiger partial charge in [0, 0.05) is 24.3 Å². The van der Waals surface area contributed by atoms with E-state index in [9.17, 15) is 13.2 Å². The number of carbonyl (C=O) groups is 1. The van der Waals surface area contributed by atoms with Gasteiger partial charge in [-0.2, -0.15) is 4.31 Å². The van der Waals surface area contributed by atoms with Gasteiger partial charge in [0.25, 0.3) is 5.91 Å². The average Bonchev–Trinajstić information content (AvgIpc) is 2.63. The third-order valence-electron chi connectivity index (χ3n) is 5.51. The Morgan fingerprint density at radius 3 is 2.00 bits per heavy atom. The number of nitrogens with zero attached hydrogens (tertiary/aromatic N) is 1. The molecule has 0 aromatic heterocycles. The monoisotopic (exact) mass is 414 g/mol. The van der Waals surface area contributed by atoms with Crippen molar-refractivity contribution < 1.29 is 13.2 Å². The highest BCUT2D eigenvalue weighted by Crippen LogP contribution is 2.27. The summed E-state index contributed by atoms with van der Waals surface area (Å²) in [4.78, 5) is 12.9. The van der Waals surface area contributed by atoms with Gasteiger partial charge in [0.1, 0.15) is 0 Å². The molecule has 1 heterocycles. The summed E-state index contributed by atoms with van der Waals surface area (Å²) in [5.74, 6) is 0.448. The minimum absolute atomic E-state index is 0.234. The van der Waals surface area contributed by atoms with Crippen LogP contribution in [0.4, 0.5) is 5.69 Å². The van der Waals surface area contributed by atoms with Gasteiger partial charge in [-0.25, -0.2) is 8.42 Å². The first-order valence-corrected chi connectivity index (χ1v) is 11.5. The third-order valence-corrected chi connectivity index (χ3v) is 7.35. The molecule has 156 valence electrons. The molecule has 0 spiro atoms. The second kappa shape index (κ2) is 8.28. The lowest BCUT2D eigenvalue weighted by Gasteiger charge is -2.34. The molecule has 3 rings (SSSR count). The summed E-state index contributed by atoms with van der Waals surface area (Å²) in [5.41, 5.74) is 4.39. The maximum Gasteiger partial charge on any atom is 0.255 e. The Bertz CT molecular complexity index is 980. The zero-order chi connectivity index (χ0) is 21.3. The van der Waals surface area contributed by atoms with E-state index in [1.807, 2.05) is 32.9 Å². The standard InChI is InChI=1S/C23H30N2O3S/c1-15-11-18(4)22(19(5)12-15)24-23(26)20-6-8-21(9-7-20)29(27,28)25-13-16(2)10-17(3)14-25/h6-9,11-12,16-17H,10,13-14H2,1-5H3,(H,24,26). The number of anilines is 1. The van der Waals surface area contributed by atoms with Crippen molar-refractivity contribution in [2.75, 3.05) is 18.4 Å². The van der Waals surface area contributed by atoms with E-state index in [4.69, 9.17) is 0 Å². The lowest BCUT2D eigenvalue weighted by molar-refractivity contribution is 0.102. The molecule has 1 fully saturated rings. The Morgan fingerprint density at radius 1 is 0.966 bits per heavy atom. The fourth-order valence-electron chi connectivity index (χ4n) is 4.29. The fourth-order valence-corrected chi connectivity index (χ4v) is 5.97. The van der Waals surface area contributed by atoms with Crippen molar-refractivity contribution in [1.82, 2.24) is 4.31 Å². The summed E-state index contributed by atoms with van der Waals surface area (Å²) < 4.78 is 27.6. The lowest BCUT2D eigenvalue weighted by Crippen LogP contribution is -2.42. The molecule has 1 aliphatic rings. The van der Waals surface area contributed by atoms with Crippen molar-refractivity contribution in [3.8, 4) is 0 Å². The molecule has 1 N–H and O–H groups in total. The topological polar surface area (TPSA) is 66.5 Å². The van der Waals surface area contributed by atoms with Crippen LogP contribution in [-0.4, -0.2) is 31.7 Å². The van der Waals surface area contributed by atoms with Crippen molar-refractivity contribution in [3.63, 3.8) is 0 Å². The third kappa shape index (κ3) is 4.70. The Labute approximate surface area is 174 Å². The predicted molar refractivity (Wildman–Crippen MR) is 117 cm³/mol. The van der Waals surface area contributed by atoms with E-state index in [1.54, 1.807) is 16.4 Å². The number of benzene rings is 2. The Kier molecular flexibility index (Phi) is 6.15. The largest absolute Gasteiger partial charge is 0.322 e. The first-order chi connectivity index (χ1) is 13.6. The van der Waals surface area contributed by atoms with Gasteiger partial charge in [-0.05, 0) is 74.4 Å². The van der Waals surface area contributed by atoms with Crippen LogP contribution in [0.1, 0.15) is 47.3 Å². The summed E-state index contributed by atoms with van der Waals surface area (Å²) >= 11 is 0. The van der Waals surface area contributed by atoms with E-state index in [0.717, 1.165) is 28.8 Å². The predicted octanol–water partition coefficient (Wildman–Crippen LogP) is 4.53. The van der Waals surface area contributed by atoms with Gasteiger partial charge < -0.3 is 5.32 Å². The van der Waals surface area contributed by atoms with Gasteiger partial charge in [0.05, 0.1) is 4.90 Å². The number of amides is 1. The van der Waals surface area contributed by atoms with Crippen molar-refractivity contribution in [1.29, 1.82) is 0 Å². The first kappa shape index (κ1) is 21.5. The van der Waals surface area contributed by atoms with Crippen LogP contribution >= 0.6 is 0 Å². The number of piperidine rings is 1. The van der Waals surface area contributed by atoms with Crippen molar-refractivity contribution in [3.05, 3.63) is 58.7 Å². The molecular weight excluding hydrogens is 384 g/mol. The number of rotatable bonds is 4. The van der Waals surface area contributed by atoms with E-state index in [2.05, 4.69) is 19.2 Å². The molecule has 2 aromatic rings. The molecule has 1 saturated heterocycles. The molecule has 2 aromatic carbocycles. The summed E-state index contributed by atoms with van der Waals surface area (Å²) in [6.07, 6.45) is 1.04. The zero-order valence-corrected chi connectivity index (χ0v) is 18.6. The van der Waals surface area contributed by atoms with E-state index in [-0.39, 0.29) is 10.8 Å². The van der Waals surface area contributed by atoms with Crippen LogP contribution in [0.2, 0.25) is 0 Å². The van der Waals surface area contributed by atoms with E-state index < -0.39 is 10.0 Å². The van der Waals surface area contributed by atoms with E-state index in [0.29, 0.717) is 30.5 Å². The number of hydrogen-bond donors (Lipinski definition) is 1. The molecule has 0 bridgehead atoms. The highest BCUT2D eigenvalue weighted by atomic mass is 32.2. The zero-order valence-electron chi connectivity index (χ0n) is 17.8. The Morgan fingerprint density at radius 2 is 1.48 bits per heavy atom. The fraction of sp³-hybridized carbons (Fsp3) is 0.435. The minimum Gasteiger partial charge on any atom is -0.322 e. The molecular formula is C23H30N2O3S. The van der Waals surface area contributed by atoms with Crippen LogP contribution in [0, 0.1) is 32.6 Å². The van der Waals surface area contributed by atoms with Crippen molar-refractivity contribution >= 4 is 21.6 Å². The Balaban J connectivity index is 1.78. The van der Waals surface area contributed by atoms with E-state index >= 15 is 0 Å². The number of aryl methyl sites for hydroxylation is 3. The molecule has 0 saturated carbocycles. The maximum absolute atomic E-state index is 13.0. The highest BCUT2D eigenvalue weighted by molar-refractivity contribution is 7.89. The van der Waals surface area contributed by atoms with Gasteiger partial charge in [0.2, 0.25) is 10.0 Å². The van der Waals surface area contributed by atoms with Crippen LogP contribution in [0.5, 0.6) is 0 Å².